The van der Waals surface area contributed by atoms with Crippen LogP contribution in [0.5, 0.6) is 0 Å². The molecule has 0 aliphatic heterocycles. The average Bonchev–Trinajstić information content (AvgIpc) is 2.73. The highest BCUT2D eigenvalue weighted by molar-refractivity contribution is 7.53. The molecule has 0 aromatic heterocycles. The van der Waals surface area contributed by atoms with Crippen molar-refractivity contribution in [1.82, 2.24) is 0 Å². The van der Waals surface area contributed by atoms with Crippen LogP contribution in [0.2, 0.25) is 0 Å². The van der Waals surface area contributed by atoms with Crippen molar-refractivity contribution in [2.45, 2.75) is 128 Å². The van der Waals surface area contributed by atoms with Crippen molar-refractivity contribution in [1.29, 1.82) is 0 Å². The number of likely N-dealkylation sites (N-methyl/N-ethyl adjacent to an activating group) is 1. The molecule has 0 spiro atoms. The van der Waals surface area contributed by atoms with Gasteiger partial charge in [-0.05, 0) is 64.2 Å². The number of quaternary nitrogens is 1. The van der Waals surface area contributed by atoms with Crippen molar-refractivity contribution in [3.05, 3.63) is 24.3 Å². The van der Waals surface area contributed by atoms with E-state index in [-0.39, 0.29) is 13.0 Å². The van der Waals surface area contributed by atoms with Gasteiger partial charge in [-0.3, -0.25) is 4.57 Å². The van der Waals surface area contributed by atoms with Gasteiger partial charge in [-0.25, -0.2) is 0 Å². The van der Waals surface area contributed by atoms with E-state index in [4.69, 9.17) is 0 Å². The third-order valence-electron chi connectivity index (χ3n) is 6.27. The second-order valence-electron chi connectivity index (χ2n) is 11.1. The summed E-state index contributed by atoms with van der Waals surface area (Å²) in [5, 5.41) is 8.64. The van der Waals surface area contributed by atoms with E-state index < -0.39 is 12.9 Å². The molecular weight excluding hydrogens is 445 g/mol. The summed E-state index contributed by atoms with van der Waals surface area (Å²) in [5.41, 5.74) is 0. The molecule has 0 heterocycles. The minimum atomic E-state index is -4.55. The van der Waals surface area contributed by atoms with Gasteiger partial charge in [0.15, 0.2) is 0 Å². The van der Waals surface area contributed by atoms with Gasteiger partial charge in [0.1, 0.15) is 6.54 Å². The van der Waals surface area contributed by atoms with Crippen LogP contribution >= 0.6 is 7.60 Å². The number of allylic oxidation sites excluding steroid dienone is 4. The SMILES string of the molecule is CCCCC/C=C\CCCCC/C=C\CCCCCCCCCC(O)(C[N+](C)(C)C)P(=O)(O)O. The van der Waals surface area contributed by atoms with E-state index in [0.29, 0.717) is 10.9 Å². The summed E-state index contributed by atoms with van der Waals surface area (Å²) in [5.74, 6) is 0. The third-order valence-corrected chi connectivity index (χ3v) is 7.72. The molecule has 1 atom stereocenters. The molecule has 0 aliphatic carbocycles. The lowest BCUT2D eigenvalue weighted by Crippen LogP contribution is -2.49. The van der Waals surface area contributed by atoms with Crippen molar-refractivity contribution in [3.8, 4) is 0 Å². The molecule has 202 valence electrons. The molecule has 34 heavy (non-hydrogen) atoms. The zero-order valence-electron chi connectivity index (χ0n) is 22.9. The number of unbranched alkanes of at least 4 members (excludes halogenated alkanes) is 14. The summed E-state index contributed by atoms with van der Waals surface area (Å²) in [6.07, 6.45) is 29.8. The van der Waals surface area contributed by atoms with Crippen molar-refractivity contribution in [3.63, 3.8) is 0 Å². The lowest BCUT2D eigenvalue weighted by molar-refractivity contribution is -0.875. The van der Waals surface area contributed by atoms with Crippen molar-refractivity contribution in [2.75, 3.05) is 27.7 Å². The highest BCUT2D eigenvalue weighted by Gasteiger charge is 2.48. The molecule has 5 nitrogen and oxygen atoms in total. The first-order chi connectivity index (χ1) is 16.0. The van der Waals surface area contributed by atoms with Crippen LogP contribution in [0, 0.1) is 0 Å². The van der Waals surface area contributed by atoms with Crippen LogP contribution in [-0.2, 0) is 4.57 Å². The van der Waals surface area contributed by atoms with Gasteiger partial charge in [0.25, 0.3) is 0 Å². The summed E-state index contributed by atoms with van der Waals surface area (Å²) in [6, 6.07) is 0. The zero-order valence-corrected chi connectivity index (χ0v) is 23.8. The minimum Gasteiger partial charge on any atom is -0.373 e. The van der Waals surface area contributed by atoms with Crippen LogP contribution in [0.15, 0.2) is 24.3 Å². The van der Waals surface area contributed by atoms with Gasteiger partial charge in [0.2, 0.25) is 5.34 Å². The Bertz CT molecular complexity index is 579. The normalized spacial score (nSPS) is 14.9. The van der Waals surface area contributed by atoms with E-state index in [1.165, 1.54) is 83.5 Å². The highest BCUT2D eigenvalue weighted by atomic mass is 31.2. The Kier molecular flexibility index (Phi) is 19.4. The van der Waals surface area contributed by atoms with E-state index in [1.54, 1.807) is 0 Å². The van der Waals surface area contributed by atoms with Crippen LogP contribution in [0.25, 0.3) is 0 Å². The smallest absolute Gasteiger partial charge is 0.362 e. The topological polar surface area (TPSA) is 77.8 Å². The van der Waals surface area contributed by atoms with E-state index in [0.717, 1.165) is 19.3 Å². The van der Waals surface area contributed by atoms with Gasteiger partial charge < -0.3 is 19.4 Å². The Balaban J connectivity index is 3.60. The zero-order chi connectivity index (χ0) is 25.8. The molecule has 0 saturated heterocycles. The average molecular weight is 503 g/mol. The second-order valence-corrected chi connectivity index (χ2v) is 13.0. The summed E-state index contributed by atoms with van der Waals surface area (Å²) < 4.78 is 12.1. The van der Waals surface area contributed by atoms with Crippen LogP contribution in [0.3, 0.4) is 0 Å². The van der Waals surface area contributed by atoms with Crippen LogP contribution in [0.1, 0.15) is 122 Å². The molecular formula is C28H57NO4P+. The standard InChI is InChI=1S/C28H56NO4P/c1-5-6-7-8-9-10-11-12-13-14-15-16-17-18-19-20-21-22-23-24-25-26-28(30,34(31,32)33)27-29(2,3)4/h9-10,16-17,30H,5-8,11-15,18-27H2,1-4H3,(H-,31,32,33)/p+1/b10-9-,17-16-. The third kappa shape index (κ3) is 19.8. The van der Waals surface area contributed by atoms with E-state index in [9.17, 15) is 19.5 Å². The quantitative estimate of drug-likeness (QED) is 0.0578. The lowest BCUT2D eigenvalue weighted by atomic mass is 10.0. The van der Waals surface area contributed by atoms with Crippen molar-refractivity contribution in [2.24, 2.45) is 0 Å². The molecule has 6 heteroatoms. The number of rotatable bonds is 23. The van der Waals surface area contributed by atoms with Crippen molar-refractivity contribution >= 4 is 7.60 Å². The molecule has 3 N–H and O–H groups in total. The van der Waals surface area contributed by atoms with Crippen LogP contribution < -0.4 is 0 Å². The summed E-state index contributed by atoms with van der Waals surface area (Å²) in [4.78, 5) is 19.2. The lowest BCUT2D eigenvalue weighted by Gasteiger charge is -2.35. The molecule has 1 unspecified atom stereocenters. The van der Waals surface area contributed by atoms with Gasteiger partial charge >= 0.3 is 7.60 Å². The van der Waals surface area contributed by atoms with E-state index >= 15 is 0 Å². The Morgan fingerprint density at radius 1 is 0.647 bits per heavy atom. The monoisotopic (exact) mass is 502 g/mol. The fourth-order valence-electron chi connectivity index (χ4n) is 4.32. The Morgan fingerprint density at radius 3 is 1.38 bits per heavy atom. The van der Waals surface area contributed by atoms with Gasteiger partial charge in [-0.15, -0.1) is 0 Å². The van der Waals surface area contributed by atoms with Gasteiger partial charge in [-0.2, -0.15) is 0 Å². The molecule has 0 radical (unpaired) electrons. The van der Waals surface area contributed by atoms with E-state index in [1.807, 2.05) is 21.1 Å². The first-order valence-electron chi connectivity index (χ1n) is 13.9. The predicted molar refractivity (Wildman–Crippen MR) is 147 cm³/mol. The molecule has 0 fully saturated rings. The molecule has 0 aromatic carbocycles. The maximum absolute atomic E-state index is 11.8. The molecule has 0 bridgehead atoms. The number of aliphatic hydroxyl groups is 1. The first-order valence-corrected chi connectivity index (χ1v) is 15.5. The van der Waals surface area contributed by atoms with E-state index in [2.05, 4.69) is 31.2 Å². The molecule has 0 rings (SSSR count). The second kappa shape index (κ2) is 19.7. The number of hydrogen-bond donors (Lipinski definition) is 3. The highest BCUT2D eigenvalue weighted by Crippen LogP contribution is 2.52. The fourth-order valence-corrected chi connectivity index (χ4v) is 5.37. The molecule has 0 aromatic rings. The molecule has 0 amide bonds. The van der Waals surface area contributed by atoms with Gasteiger partial charge in [0.05, 0.1) is 21.1 Å². The number of hydrogen-bond acceptors (Lipinski definition) is 2. The Morgan fingerprint density at radius 2 is 1.00 bits per heavy atom. The van der Waals surface area contributed by atoms with Crippen molar-refractivity contribution < 1.29 is 23.9 Å². The fraction of sp³-hybridized carbons (Fsp3) is 0.857. The largest absolute Gasteiger partial charge is 0.373 e. The van der Waals surface area contributed by atoms with Gasteiger partial charge in [-0.1, -0.05) is 82.6 Å². The first kappa shape index (κ1) is 33.5. The maximum Gasteiger partial charge on any atom is 0.362 e. The summed E-state index contributed by atoms with van der Waals surface area (Å²) in [7, 11) is 0.968. The maximum atomic E-state index is 11.8. The molecule has 0 aliphatic rings. The minimum absolute atomic E-state index is 0.0569. The molecule has 0 saturated carbocycles. The summed E-state index contributed by atoms with van der Waals surface area (Å²) >= 11 is 0. The Hall–Kier alpha value is -0.450. The van der Waals surface area contributed by atoms with Crippen LogP contribution in [0.4, 0.5) is 0 Å². The number of nitrogens with zero attached hydrogens (tertiary/aromatic N) is 1. The Labute approximate surface area is 211 Å². The summed E-state index contributed by atoms with van der Waals surface area (Å²) in [6.45, 7) is 2.31. The van der Waals surface area contributed by atoms with Gasteiger partial charge in [0, 0.05) is 0 Å². The predicted octanol–water partition coefficient (Wildman–Crippen LogP) is 7.71. The van der Waals surface area contributed by atoms with Crippen LogP contribution in [-0.4, -0.2) is 52.4 Å².